The Balaban J connectivity index is 1.84. The van der Waals surface area contributed by atoms with E-state index < -0.39 is 23.7 Å². The quantitative estimate of drug-likeness (QED) is 0.451. The number of alkyl halides is 3. The highest BCUT2D eigenvalue weighted by molar-refractivity contribution is 7.98. The number of carbonyl (C=O) groups is 1. The standard InChI is InChI=1S/C20H19ClF3N5OS/c1-2-16(17(30)26-15-10-6-4-8-13(15)20(22,23)24)29-18(25)27-28-19(29)31-11-12-7-3-5-9-14(12)21/h3-10,16H,2,11H2,1H3,(H2,25,27)(H,26,30). The number of para-hydroxylation sites is 1. The van der Waals surface area contributed by atoms with Crippen molar-refractivity contribution in [3.05, 3.63) is 64.7 Å². The fraction of sp³-hybridized carbons (Fsp3) is 0.250. The fourth-order valence-electron chi connectivity index (χ4n) is 2.98. The molecule has 0 fully saturated rings. The Kier molecular flexibility index (Phi) is 7.11. The highest BCUT2D eigenvalue weighted by Crippen LogP contribution is 2.35. The first-order valence-corrected chi connectivity index (χ1v) is 10.6. The van der Waals surface area contributed by atoms with Crippen molar-refractivity contribution in [2.45, 2.75) is 36.5 Å². The second-order valence-corrected chi connectivity index (χ2v) is 7.90. The van der Waals surface area contributed by atoms with E-state index in [1.165, 1.54) is 34.5 Å². The molecule has 0 saturated heterocycles. The highest BCUT2D eigenvalue weighted by Gasteiger charge is 2.34. The van der Waals surface area contributed by atoms with Gasteiger partial charge in [-0.3, -0.25) is 9.36 Å². The molecule has 0 spiro atoms. The summed E-state index contributed by atoms with van der Waals surface area (Å²) < 4.78 is 41.2. The molecule has 3 aromatic rings. The number of thioether (sulfide) groups is 1. The molecule has 3 N–H and O–H groups in total. The van der Waals surface area contributed by atoms with Gasteiger partial charge in [0.05, 0.1) is 11.3 Å². The molecule has 0 aliphatic rings. The normalized spacial score (nSPS) is 12.5. The van der Waals surface area contributed by atoms with Gasteiger partial charge in [-0.05, 0) is 30.2 Å². The van der Waals surface area contributed by atoms with Gasteiger partial charge < -0.3 is 11.1 Å². The first-order chi connectivity index (χ1) is 14.7. The maximum Gasteiger partial charge on any atom is 0.418 e. The maximum absolute atomic E-state index is 13.3. The number of nitrogens with two attached hydrogens (primary N) is 1. The van der Waals surface area contributed by atoms with Crippen LogP contribution in [0.1, 0.15) is 30.5 Å². The number of halogens is 4. The topological polar surface area (TPSA) is 85.8 Å². The smallest absolute Gasteiger partial charge is 0.368 e. The van der Waals surface area contributed by atoms with Crippen LogP contribution < -0.4 is 11.1 Å². The lowest BCUT2D eigenvalue weighted by molar-refractivity contribution is -0.137. The van der Waals surface area contributed by atoms with Crippen molar-refractivity contribution in [2.75, 3.05) is 11.1 Å². The van der Waals surface area contributed by atoms with Gasteiger partial charge in [0.15, 0.2) is 5.16 Å². The molecular weight excluding hydrogens is 451 g/mol. The Bertz CT molecular complexity index is 1070. The summed E-state index contributed by atoms with van der Waals surface area (Å²) in [5.41, 5.74) is 5.55. The molecular formula is C20H19ClF3N5OS. The van der Waals surface area contributed by atoms with Crippen LogP contribution in [0.3, 0.4) is 0 Å². The molecule has 2 aromatic carbocycles. The molecule has 0 saturated carbocycles. The zero-order valence-electron chi connectivity index (χ0n) is 16.4. The molecule has 0 aliphatic carbocycles. The summed E-state index contributed by atoms with van der Waals surface area (Å²) in [6.07, 6.45) is -4.33. The van der Waals surface area contributed by atoms with Gasteiger partial charge in [-0.1, -0.05) is 60.6 Å². The van der Waals surface area contributed by atoms with Gasteiger partial charge >= 0.3 is 6.18 Å². The first kappa shape index (κ1) is 23.0. The van der Waals surface area contributed by atoms with E-state index >= 15 is 0 Å². The molecule has 31 heavy (non-hydrogen) atoms. The number of aromatic nitrogens is 3. The van der Waals surface area contributed by atoms with Crippen LogP contribution in [0.25, 0.3) is 0 Å². The van der Waals surface area contributed by atoms with Crippen molar-refractivity contribution in [1.82, 2.24) is 14.8 Å². The Labute approximate surface area is 186 Å². The summed E-state index contributed by atoms with van der Waals surface area (Å²) in [5, 5.41) is 11.2. The first-order valence-electron chi connectivity index (χ1n) is 9.26. The van der Waals surface area contributed by atoms with Crippen LogP contribution in [0.15, 0.2) is 53.7 Å². The predicted octanol–water partition coefficient (Wildman–Crippen LogP) is 5.41. The fourth-order valence-corrected chi connectivity index (χ4v) is 4.25. The van der Waals surface area contributed by atoms with Crippen LogP contribution in [0, 0.1) is 0 Å². The van der Waals surface area contributed by atoms with Crippen LogP contribution in [0.5, 0.6) is 0 Å². The lowest BCUT2D eigenvalue weighted by Crippen LogP contribution is -2.28. The van der Waals surface area contributed by atoms with Crippen LogP contribution in [-0.2, 0) is 16.7 Å². The molecule has 1 aromatic heterocycles. The van der Waals surface area contributed by atoms with Crippen LogP contribution >= 0.6 is 23.4 Å². The summed E-state index contributed by atoms with van der Waals surface area (Å²) in [6, 6.07) is 11.2. The molecule has 0 bridgehead atoms. The summed E-state index contributed by atoms with van der Waals surface area (Å²) in [4.78, 5) is 12.9. The van der Waals surface area contributed by atoms with E-state index in [1.807, 2.05) is 18.2 Å². The van der Waals surface area contributed by atoms with Crippen LogP contribution in [0.4, 0.5) is 24.8 Å². The zero-order chi connectivity index (χ0) is 22.6. The Morgan fingerprint density at radius 2 is 1.87 bits per heavy atom. The third kappa shape index (κ3) is 5.31. The van der Waals surface area contributed by atoms with Gasteiger partial charge in [-0.15, -0.1) is 10.2 Å². The van der Waals surface area contributed by atoms with E-state index in [1.54, 1.807) is 13.0 Å². The third-order valence-corrected chi connectivity index (χ3v) is 5.86. The van der Waals surface area contributed by atoms with Crippen LogP contribution in [0.2, 0.25) is 5.02 Å². The largest absolute Gasteiger partial charge is 0.418 e. The average molecular weight is 470 g/mol. The van der Waals surface area contributed by atoms with E-state index in [0.29, 0.717) is 15.9 Å². The van der Waals surface area contributed by atoms with Gasteiger partial charge in [-0.25, -0.2) is 0 Å². The molecule has 1 unspecified atom stereocenters. The molecule has 6 nitrogen and oxygen atoms in total. The van der Waals surface area contributed by atoms with Crippen molar-refractivity contribution < 1.29 is 18.0 Å². The summed E-state index contributed by atoms with van der Waals surface area (Å²) in [6.45, 7) is 1.72. The maximum atomic E-state index is 13.3. The number of hydrogen-bond donors (Lipinski definition) is 2. The Morgan fingerprint density at radius 1 is 1.19 bits per heavy atom. The number of benzene rings is 2. The molecule has 1 heterocycles. The number of nitrogens with one attached hydrogen (secondary N) is 1. The lowest BCUT2D eigenvalue weighted by Gasteiger charge is -2.20. The van der Waals surface area contributed by atoms with Gasteiger partial charge in [0, 0.05) is 10.8 Å². The number of hydrogen-bond acceptors (Lipinski definition) is 5. The second kappa shape index (κ2) is 9.61. The minimum Gasteiger partial charge on any atom is -0.368 e. The van der Waals surface area contributed by atoms with E-state index in [-0.39, 0.29) is 18.1 Å². The van der Waals surface area contributed by atoms with Crippen molar-refractivity contribution >= 4 is 40.9 Å². The zero-order valence-corrected chi connectivity index (χ0v) is 17.9. The number of nitrogen functional groups attached to an aromatic ring is 1. The number of carbonyl (C=O) groups excluding carboxylic acids is 1. The summed E-state index contributed by atoms with van der Waals surface area (Å²) >= 11 is 7.46. The summed E-state index contributed by atoms with van der Waals surface area (Å²) in [7, 11) is 0. The number of amides is 1. The number of rotatable bonds is 7. The Hall–Kier alpha value is -2.72. The van der Waals surface area contributed by atoms with Gasteiger partial charge in [0.1, 0.15) is 6.04 Å². The van der Waals surface area contributed by atoms with Gasteiger partial charge in [-0.2, -0.15) is 13.2 Å². The third-order valence-electron chi connectivity index (χ3n) is 4.50. The van der Waals surface area contributed by atoms with Crippen LogP contribution in [-0.4, -0.2) is 20.7 Å². The Morgan fingerprint density at radius 3 is 2.55 bits per heavy atom. The van der Waals surface area contributed by atoms with E-state index in [9.17, 15) is 18.0 Å². The highest BCUT2D eigenvalue weighted by atomic mass is 35.5. The molecule has 3 rings (SSSR count). The monoisotopic (exact) mass is 469 g/mol. The minimum absolute atomic E-state index is 0.00670. The van der Waals surface area contributed by atoms with Crippen molar-refractivity contribution in [2.24, 2.45) is 0 Å². The van der Waals surface area contributed by atoms with E-state index in [4.69, 9.17) is 17.3 Å². The van der Waals surface area contributed by atoms with Crippen molar-refractivity contribution in [1.29, 1.82) is 0 Å². The van der Waals surface area contributed by atoms with E-state index in [0.717, 1.165) is 11.6 Å². The second-order valence-electron chi connectivity index (χ2n) is 6.55. The van der Waals surface area contributed by atoms with Gasteiger partial charge in [0.25, 0.3) is 0 Å². The molecule has 1 atom stereocenters. The average Bonchev–Trinajstić information content (AvgIpc) is 3.08. The number of anilines is 2. The van der Waals surface area contributed by atoms with Gasteiger partial charge in [0.2, 0.25) is 11.9 Å². The number of nitrogens with zero attached hydrogens (tertiary/aromatic N) is 3. The molecule has 0 aliphatic heterocycles. The van der Waals surface area contributed by atoms with E-state index in [2.05, 4.69) is 15.5 Å². The summed E-state index contributed by atoms with van der Waals surface area (Å²) in [5.74, 6) is -0.203. The minimum atomic E-state index is -4.60. The molecule has 0 radical (unpaired) electrons. The molecule has 164 valence electrons. The molecule has 1 amide bonds. The predicted molar refractivity (Wildman–Crippen MR) is 115 cm³/mol. The van der Waals surface area contributed by atoms with Crippen molar-refractivity contribution in [3.63, 3.8) is 0 Å². The SMILES string of the molecule is CCC(C(=O)Nc1ccccc1C(F)(F)F)n1c(N)nnc1SCc1ccccc1Cl. The van der Waals surface area contributed by atoms with Crippen molar-refractivity contribution in [3.8, 4) is 0 Å². The lowest BCUT2D eigenvalue weighted by atomic mass is 10.1. The molecule has 11 heteroatoms.